The number of methoxy groups -OCH3 is 2. The molecular weight excluding hydrogens is 335 g/mol. The first-order chi connectivity index (χ1) is 7.52. The van der Waals surface area contributed by atoms with Gasteiger partial charge in [0.05, 0.1) is 14.2 Å². The number of hydrogen-bond acceptors (Lipinski definition) is 4. The minimum Gasteiger partial charge on any atom is -0.494 e. The van der Waals surface area contributed by atoms with Crippen LogP contribution in [-0.4, -0.2) is 25.2 Å². The van der Waals surface area contributed by atoms with Gasteiger partial charge in [0.15, 0.2) is 5.75 Å². The van der Waals surface area contributed by atoms with Crippen LogP contribution in [0.25, 0.3) is 0 Å². The highest BCUT2D eigenvalue weighted by atomic mass is 127. The fraction of sp³-hybridized carbons (Fsp3) is 0.333. The first kappa shape index (κ1) is 13.1. The van der Waals surface area contributed by atoms with Gasteiger partial charge in [-0.1, -0.05) is 0 Å². The highest BCUT2D eigenvalue weighted by Gasteiger charge is 2.25. The van der Waals surface area contributed by atoms with Gasteiger partial charge in [0, 0.05) is 9.77 Å². The standard InChI is InChI=1S/C9H8F2INO3/c1-15-7-5(9(14)16-2)4(12)3-13-6(7)8(10)11/h3,8H,1-2H3. The molecule has 0 atom stereocenters. The van der Waals surface area contributed by atoms with Crippen molar-refractivity contribution >= 4 is 28.6 Å². The number of ether oxygens (including phenoxy) is 2. The van der Waals surface area contributed by atoms with Gasteiger partial charge in [0.2, 0.25) is 0 Å². The number of nitrogens with zero attached hydrogens (tertiary/aromatic N) is 1. The van der Waals surface area contributed by atoms with Crippen LogP contribution in [0, 0.1) is 3.57 Å². The van der Waals surface area contributed by atoms with Gasteiger partial charge in [-0.25, -0.2) is 13.6 Å². The van der Waals surface area contributed by atoms with Gasteiger partial charge in [0.1, 0.15) is 11.3 Å². The molecule has 1 aromatic rings. The molecule has 0 radical (unpaired) electrons. The van der Waals surface area contributed by atoms with E-state index >= 15 is 0 Å². The Kier molecular flexibility index (Phi) is 4.39. The van der Waals surface area contributed by atoms with Crippen LogP contribution in [-0.2, 0) is 4.74 Å². The maximum atomic E-state index is 12.6. The topological polar surface area (TPSA) is 48.4 Å². The highest BCUT2D eigenvalue weighted by molar-refractivity contribution is 14.1. The van der Waals surface area contributed by atoms with Gasteiger partial charge in [-0.15, -0.1) is 0 Å². The highest BCUT2D eigenvalue weighted by Crippen LogP contribution is 2.33. The molecule has 0 spiro atoms. The maximum absolute atomic E-state index is 12.6. The molecule has 16 heavy (non-hydrogen) atoms. The van der Waals surface area contributed by atoms with Crippen LogP contribution in [0.3, 0.4) is 0 Å². The first-order valence-corrected chi connectivity index (χ1v) is 5.19. The summed E-state index contributed by atoms with van der Waals surface area (Å²) in [6.45, 7) is 0. The smallest absolute Gasteiger partial charge is 0.342 e. The third-order valence-electron chi connectivity index (χ3n) is 1.82. The molecule has 0 amide bonds. The quantitative estimate of drug-likeness (QED) is 0.625. The van der Waals surface area contributed by atoms with E-state index in [0.29, 0.717) is 3.57 Å². The molecule has 0 unspecified atom stereocenters. The molecule has 1 rings (SSSR count). The van der Waals surface area contributed by atoms with Crippen molar-refractivity contribution in [3.63, 3.8) is 0 Å². The van der Waals surface area contributed by atoms with Crippen LogP contribution in [0.4, 0.5) is 8.78 Å². The lowest BCUT2D eigenvalue weighted by Gasteiger charge is -2.12. The second kappa shape index (κ2) is 5.37. The fourth-order valence-corrected chi connectivity index (χ4v) is 1.74. The Morgan fingerprint density at radius 3 is 2.56 bits per heavy atom. The summed E-state index contributed by atoms with van der Waals surface area (Å²) < 4.78 is 34.9. The second-order valence-corrected chi connectivity index (χ2v) is 3.85. The summed E-state index contributed by atoms with van der Waals surface area (Å²) in [6.07, 6.45) is -1.63. The molecule has 1 heterocycles. The molecule has 0 saturated carbocycles. The number of halogens is 3. The van der Waals surface area contributed by atoms with E-state index in [1.54, 1.807) is 22.6 Å². The summed E-state index contributed by atoms with van der Waals surface area (Å²) in [5, 5.41) is 0. The molecule has 0 N–H and O–H groups in total. The maximum Gasteiger partial charge on any atom is 0.342 e. The number of hydrogen-bond donors (Lipinski definition) is 0. The Morgan fingerprint density at radius 2 is 2.12 bits per heavy atom. The van der Waals surface area contributed by atoms with E-state index in [0.717, 1.165) is 0 Å². The molecule has 0 aliphatic rings. The van der Waals surface area contributed by atoms with Crippen LogP contribution in [0.15, 0.2) is 6.20 Å². The molecule has 0 saturated heterocycles. The zero-order valence-electron chi connectivity index (χ0n) is 8.46. The van der Waals surface area contributed by atoms with Crippen LogP contribution >= 0.6 is 22.6 Å². The lowest BCUT2D eigenvalue weighted by Crippen LogP contribution is -2.10. The van der Waals surface area contributed by atoms with Crippen molar-refractivity contribution in [2.24, 2.45) is 0 Å². The van der Waals surface area contributed by atoms with Crippen molar-refractivity contribution in [3.05, 3.63) is 21.0 Å². The number of aromatic nitrogens is 1. The predicted molar refractivity (Wildman–Crippen MR) is 59.8 cm³/mol. The summed E-state index contributed by atoms with van der Waals surface area (Å²) >= 11 is 1.80. The number of esters is 1. The van der Waals surface area contributed by atoms with Crippen molar-refractivity contribution in [2.45, 2.75) is 6.43 Å². The Hall–Kier alpha value is -0.990. The van der Waals surface area contributed by atoms with Crippen LogP contribution in [0.5, 0.6) is 5.75 Å². The molecule has 0 aliphatic heterocycles. The van der Waals surface area contributed by atoms with E-state index in [2.05, 4.69) is 9.72 Å². The summed E-state index contributed by atoms with van der Waals surface area (Å²) in [7, 11) is 2.37. The summed E-state index contributed by atoms with van der Waals surface area (Å²) in [5.74, 6) is -0.973. The number of alkyl halides is 2. The number of pyridine rings is 1. The monoisotopic (exact) mass is 343 g/mol. The van der Waals surface area contributed by atoms with Gasteiger partial charge >= 0.3 is 5.97 Å². The molecular formula is C9H8F2INO3. The third kappa shape index (κ3) is 2.39. The molecule has 88 valence electrons. The van der Waals surface area contributed by atoms with Crippen LogP contribution < -0.4 is 4.74 Å². The Labute approximate surface area is 104 Å². The van der Waals surface area contributed by atoms with Crippen molar-refractivity contribution in [3.8, 4) is 5.75 Å². The fourth-order valence-electron chi connectivity index (χ4n) is 1.14. The van der Waals surface area contributed by atoms with E-state index < -0.39 is 18.1 Å². The summed E-state index contributed by atoms with van der Waals surface area (Å²) in [6, 6.07) is 0. The SMILES string of the molecule is COC(=O)c1c(I)cnc(C(F)F)c1OC. The van der Waals surface area contributed by atoms with Crippen molar-refractivity contribution in [1.29, 1.82) is 0 Å². The van der Waals surface area contributed by atoms with Gasteiger partial charge in [-0.05, 0) is 22.6 Å². The van der Waals surface area contributed by atoms with Gasteiger partial charge in [-0.3, -0.25) is 4.98 Å². The molecule has 0 fully saturated rings. The third-order valence-corrected chi connectivity index (χ3v) is 2.63. The van der Waals surface area contributed by atoms with E-state index in [9.17, 15) is 13.6 Å². The minimum atomic E-state index is -2.81. The average Bonchev–Trinajstić information content (AvgIpc) is 2.26. The largest absolute Gasteiger partial charge is 0.494 e. The average molecular weight is 343 g/mol. The van der Waals surface area contributed by atoms with Gasteiger partial charge in [0.25, 0.3) is 6.43 Å². The summed E-state index contributed by atoms with van der Waals surface area (Å²) in [4.78, 5) is 14.9. The zero-order valence-corrected chi connectivity index (χ0v) is 10.6. The molecule has 0 bridgehead atoms. The Morgan fingerprint density at radius 1 is 1.50 bits per heavy atom. The molecule has 1 aromatic heterocycles. The van der Waals surface area contributed by atoms with E-state index in [-0.39, 0.29) is 11.3 Å². The van der Waals surface area contributed by atoms with E-state index in [1.807, 2.05) is 0 Å². The molecule has 7 heteroatoms. The van der Waals surface area contributed by atoms with Crippen LogP contribution in [0.1, 0.15) is 22.5 Å². The Bertz CT molecular complexity index is 412. The lowest BCUT2D eigenvalue weighted by atomic mass is 10.2. The molecule has 0 aliphatic carbocycles. The number of carbonyl (C=O) groups is 1. The van der Waals surface area contributed by atoms with E-state index in [4.69, 9.17) is 4.74 Å². The summed E-state index contributed by atoms with van der Waals surface area (Å²) in [5.41, 5.74) is -0.598. The molecule has 4 nitrogen and oxygen atoms in total. The van der Waals surface area contributed by atoms with Gasteiger partial charge in [-0.2, -0.15) is 0 Å². The number of carbonyl (C=O) groups excluding carboxylic acids is 1. The second-order valence-electron chi connectivity index (χ2n) is 2.69. The zero-order chi connectivity index (χ0) is 12.3. The van der Waals surface area contributed by atoms with E-state index in [1.165, 1.54) is 20.4 Å². The van der Waals surface area contributed by atoms with Crippen molar-refractivity contribution in [2.75, 3.05) is 14.2 Å². The lowest BCUT2D eigenvalue weighted by molar-refractivity contribution is 0.0594. The first-order valence-electron chi connectivity index (χ1n) is 4.11. The van der Waals surface area contributed by atoms with Crippen LogP contribution in [0.2, 0.25) is 0 Å². The number of rotatable bonds is 3. The molecule has 0 aromatic carbocycles. The predicted octanol–water partition coefficient (Wildman–Crippen LogP) is 2.42. The minimum absolute atomic E-state index is 0.0316. The van der Waals surface area contributed by atoms with Gasteiger partial charge < -0.3 is 9.47 Å². The van der Waals surface area contributed by atoms with Crippen molar-refractivity contribution < 1.29 is 23.0 Å². The Balaban J connectivity index is 3.44. The van der Waals surface area contributed by atoms with Crippen molar-refractivity contribution in [1.82, 2.24) is 4.98 Å². The normalized spacial score (nSPS) is 10.4.